The molecule has 76 valence electrons. The summed E-state index contributed by atoms with van der Waals surface area (Å²) >= 11 is 0. The summed E-state index contributed by atoms with van der Waals surface area (Å²) in [6, 6.07) is -1.04. The molecule has 0 bridgehead atoms. The van der Waals surface area contributed by atoms with E-state index >= 15 is 0 Å². The molecule has 0 amide bonds. The Morgan fingerprint density at radius 3 is 2.23 bits per heavy atom. The minimum atomic E-state index is -1.35. The molecular weight excluding hydrogens is 206 g/mol. The first kappa shape index (κ1) is 14.0. The number of nitrogens with two attached hydrogens (primary N) is 1. The number of hydrogen-bond acceptors (Lipinski definition) is 6. The van der Waals surface area contributed by atoms with Gasteiger partial charge in [0.2, 0.25) is 0 Å². The second-order valence-corrected chi connectivity index (χ2v) is 2.81. The largest absolute Gasteiger partial charge is 2.00 e. The van der Waals surface area contributed by atoms with Crippen molar-refractivity contribution in [2.75, 3.05) is 6.61 Å². The zero-order chi connectivity index (χ0) is 9.30. The summed E-state index contributed by atoms with van der Waals surface area (Å²) in [5.41, 5.74) is 5.26. The third-order valence-corrected chi connectivity index (χ3v) is 1.95. The Balaban J connectivity index is -0.000000480. The van der Waals surface area contributed by atoms with Crippen LogP contribution in [-0.4, -0.2) is 95.4 Å². The van der Waals surface area contributed by atoms with Gasteiger partial charge < -0.3 is 33.7 Å². The molecule has 1 saturated heterocycles. The molecular formula is C6H15CaNO5. The van der Waals surface area contributed by atoms with E-state index < -0.39 is 37.3 Å². The van der Waals surface area contributed by atoms with Gasteiger partial charge >= 0.3 is 37.7 Å². The smallest absolute Gasteiger partial charge is 1.00 e. The predicted molar refractivity (Wildman–Crippen MR) is 45.9 cm³/mol. The van der Waals surface area contributed by atoms with Crippen molar-refractivity contribution in [2.45, 2.75) is 30.6 Å². The van der Waals surface area contributed by atoms with Gasteiger partial charge in [-0.1, -0.05) is 0 Å². The van der Waals surface area contributed by atoms with Crippen LogP contribution in [0.25, 0.3) is 0 Å². The molecule has 7 heteroatoms. The molecule has 0 aromatic heterocycles. The maximum atomic E-state index is 9.20. The second-order valence-electron chi connectivity index (χ2n) is 2.81. The molecule has 0 saturated carbocycles. The molecule has 1 heterocycles. The molecule has 0 aromatic rings. The Kier molecular flexibility index (Phi) is 6.25. The first-order chi connectivity index (χ1) is 5.57. The van der Waals surface area contributed by atoms with E-state index in [2.05, 4.69) is 0 Å². The van der Waals surface area contributed by atoms with Crippen molar-refractivity contribution in [2.24, 2.45) is 5.73 Å². The topological polar surface area (TPSA) is 116 Å². The van der Waals surface area contributed by atoms with Crippen LogP contribution in [0, 0.1) is 0 Å². The standard InChI is InChI=1S/C6H13NO5.Ca.2H/c7-3-5(10)4(9)2(1-8)12-6(3)11;;;/h2-6,8-11H,1,7H2;;;/q;+2;2*-1/t2-,3-,4-,5-,6-;;;/m1.../s1. The summed E-state index contributed by atoms with van der Waals surface area (Å²) in [6.07, 6.45) is -4.85. The molecule has 5 atom stereocenters. The van der Waals surface area contributed by atoms with Crippen molar-refractivity contribution in [1.82, 2.24) is 0 Å². The Bertz CT molecular complexity index is 164. The van der Waals surface area contributed by atoms with E-state index in [4.69, 9.17) is 20.7 Å². The summed E-state index contributed by atoms with van der Waals surface area (Å²) in [6.45, 7) is -0.470. The molecule has 1 fully saturated rings. The van der Waals surface area contributed by atoms with Crippen molar-refractivity contribution < 1.29 is 28.0 Å². The van der Waals surface area contributed by atoms with Crippen LogP contribution >= 0.6 is 0 Å². The monoisotopic (exact) mass is 221 g/mol. The third kappa shape index (κ3) is 2.98. The SMILES string of the molecule is N[C@@H]1[C@@H](O)[C@H](O)[C@@H](CO)O[C@H]1O.[Ca+2].[H-].[H-]. The van der Waals surface area contributed by atoms with E-state index in [0.29, 0.717) is 0 Å². The van der Waals surface area contributed by atoms with Crippen LogP contribution in [0.15, 0.2) is 0 Å². The van der Waals surface area contributed by atoms with E-state index in [1.807, 2.05) is 0 Å². The minimum absolute atomic E-state index is 0. The van der Waals surface area contributed by atoms with Gasteiger partial charge in [-0.25, -0.2) is 0 Å². The van der Waals surface area contributed by atoms with E-state index in [0.717, 1.165) is 0 Å². The number of rotatable bonds is 1. The average Bonchev–Trinajstić information content (AvgIpc) is 2.08. The van der Waals surface area contributed by atoms with Crippen LogP contribution < -0.4 is 5.73 Å². The molecule has 0 aliphatic carbocycles. The second kappa shape index (κ2) is 5.79. The van der Waals surface area contributed by atoms with Crippen molar-refractivity contribution in [3.05, 3.63) is 0 Å². The molecule has 6 nitrogen and oxygen atoms in total. The molecule has 1 aliphatic heterocycles. The number of aliphatic hydroxyl groups excluding tert-OH is 4. The fourth-order valence-corrected chi connectivity index (χ4v) is 1.12. The zero-order valence-corrected chi connectivity index (χ0v) is 9.28. The van der Waals surface area contributed by atoms with Crippen LogP contribution in [0.5, 0.6) is 0 Å². The first-order valence-corrected chi connectivity index (χ1v) is 3.64. The van der Waals surface area contributed by atoms with Gasteiger partial charge in [0.25, 0.3) is 0 Å². The molecule has 0 unspecified atom stereocenters. The Morgan fingerprint density at radius 1 is 1.23 bits per heavy atom. The van der Waals surface area contributed by atoms with Crippen LogP contribution in [0.2, 0.25) is 0 Å². The fourth-order valence-electron chi connectivity index (χ4n) is 1.12. The Hall–Kier alpha value is 1.02. The van der Waals surface area contributed by atoms with Gasteiger partial charge in [-0.3, -0.25) is 0 Å². The quantitative estimate of drug-likeness (QED) is 0.295. The van der Waals surface area contributed by atoms with E-state index in [-0.39, 0.29) is 40.6 Å². The van der Waals surface area contributed by atoms with Crippen LogP contribution in [0.4, 0.5) is 0 Å². The van der Waals surface area contributed by atoms with Crippen molar-refractivity contribution in [3.63, 3.8) is 0 Å². The average molecular weight is 221 g/mol. The van der Waals surface area contributed by atoms with Crippen LogP contribution in [-0.2, 0) is 4.74 Å². The molecule has 0 aromatic carbocycles. The molecule has 0 radical (unpaired) electrons. The maximum absolute atomic E-state index is 9.20. The Labute approximate surface area is 108 Å². The summed E-state index contributed by atoms with van der Waals surface area (Å²) in [5.74, 6) is 0. The normalized spacial score (nSPS) is 45.5. The van der Waals surface area contributed by atoms with Gasteiger partial charge in [0.15, 0.2) is 6.29 Å². The van der Waals surface area contributed by atoms with Crippen LogP contribution in [0.1, 0.15) is 2.85 Å². The minimum Gasteiger partial charge on any atom is -1.00 e. The van der Waals surface area contributed by atoms with Gasteiger partial charge in [0.1, 0.15) is 18.3 Å². The number of aliphatic hydroxyl groups is 4. The molecule has 1 aliphatic rings. The summed E-state index contributed by atoms with van der Waals surface area (Å²) in [7, 11) is 0. The van der Waals surface area contributed by atoms with Gasteiger partial charge in [0, 0.05) is 0 Å². The maximum Gasteiger partial charge on any atom is 2.00 e. The molecule has 13 heavy (non-hydrogen) atoms. The predicted octanol–water partition coefficient (Wildman–Crippen LogP) is -3.41. The van der Waals surface area contributed by atoms with Gasteiger partial charge in [-0.05, 0) is 0 Å². The summed E-state index contributed by atoms with van der Waals surface area (Å²) < 4.78 is 4.70. The van der Waals surface area contributed by atoms with Gasteiger partial charge in [0.05, 0.1) is 12.6 Å². The van der Waals surface area contributed by atoms with Crippen molar-refractivity contribution in [1.29, 1.82) is 0 Å². The van der Waals surface area contributed by atoms with Crippen molar-refractivity contribution in [3.8, 4) is 0 Å². The summed E-state index contributed by atoms with van der Waals surface area (Å²) in [4.78, 5) is 0. The first-order valence-electron chi connectivity index (χ1n) is 3.64. The molecule has 6 N–H and O–H groups in total. The number of ether oxygens (including phenoxy) is 1. The van der Waals surface area contributed by atoms with Gasteiger partial charge in [-0.2, -0.15) is 0 Å². The summed E-state index contributed by atoms with van der Waals surface area (Å²) in [5, 5.41) is 36.1. The van der Waals surface area contributed by atoms with E-state index in [1.54, 1.807) is 0 Å². The molecule has 0 spiro atoms. The van der Waals surface area contributed by atoms with Crippen LogP contribution in [0.3, 0.4) is 0 Å². The number of hydrogen-bond donors (Lipinski definition) is 5. The Morgan fingerprint density at radius 2 is 1.77 bits per heavy atom. The van der Waals surface area contributed by atoms with E-state index in [1.165, 1.54) is 0 Å². The fraction of sp³-hybridized carbons (Fsp3) is 1.00. The molecule has 1 rings (SSSR count). The van der Waals surface area contributed by atoms with Gasteiger partial charge in [-0.15, -0.1) is 0 Å². The van der Waals surface area contributed by atoms with Crippen molar-refractivity contribution >= 4 is 37.7 Å². The third-order valence-electron chi connectivity index (χ3n) is 1.95. The van der Waals surface area contributed by atoms with E-state index in [9.17, 15) is 10.2 Å². The zero-order valence-electron chi connectivity index (χ0n) is 9.08.